The second-order valence-corrected chi connectivity index (χ2v) is 7.30. The molecule has 0 aromatic heterocycles. The molecule has 1 unspecified atom stereocenters. The van der Waals surface area contributed by atoms with Crippen LogP contribution in [0.4, 0.5) is 5.69 Å². The Kier molecular flexibility index (Phi) is 4.82. The molecule has 0 spiro atoms. The molecule has 1 aliphatic heterocycles. The normalized spacial score (nSPS) is 28.0. The molecule has 1 aromatic rings. The number of benzene rings is 1. The molecule has 3 atom stereocenters. The molecule has 1 saturated heterocycles. The van der Waals surface area contributed by atoms with Gasteiger partial charge >= 0.3 is 0 Å². The van der Waals surface area contributed by atoms with Gasteiger partial charge in [0, 0.05) is 11.6 Å². The van der Waals surface area contributed by atoms with Crippen LogP contribution in [0.25, 0.3) is 0 Å². The molecule has 2 aliphatic rings. The summed E-state index contributed by atoms with van der Waals surface area (Å²) in [5.74, 6) is 1.04. The Hall–Kier alpha value is -1.35. The van der Waals surface area contributed by atoms with E-state index in [9.17, 15) is 4.79 Å². The van der Waals surface area contributed by atoms with E-state index >= 15 is 0 Å². The smallest absolute Gasteiger partial charge is 0.279 e. The monoisotopic (exact) mass is 301 g/mol. The van der Waals surface area contributed by atoms with Crippen molar-refractivity contribution in [2.45, 2.75) is 58.4 Å². The van der Waals surface area contributed by atoms with Gasteiger partial charge in [0.05, 0.1) is 12.6 Å². The number of nitrogens with one attached hydrogen (secondary N) is 2. The largest absolute Gasteiger partial charge is 0.324 e. The van der Waals surface area contributed by atoms with E-state index < -0.39 is 0 Å². The van der Waals surface area contributed by atoms with Gasteiger partial charge in [0.1, 0.15) is 0 Å². The summed E-state index contributed by atoms with van der Waals surface area (Å²) in [7, 11) is 0. The van der Waals surface area contributed by atoms with E-state index in [4.69, 9.17) is 0 Å². The summed E-state index contributed by atoms with van der Waals surface area (Å²) >= 11 is 0. The highest BCUT2D eigenvalue weighted by molar-refractivity contribution is 5.91. The number of hydrogen-bond acceptors (Lipinski definition) is 1. The number of carbonyl (C=O) groups excluding carboxylic acids is 1. The van der Waals surface area contributed by atoms with Gasteiger partial charge in [-0.1, -0.05) is 12.5 Å². The SMILES string of the molecule is Cc1cc(C)cc(NC(=O)C[NH+]2CCC[C@H]3CCCC[C@@H]32)c1. The summed E-state index contributed by atoms with van der Waals surface area (Å²) < 4.78 is 0. The van der Waals surface area contributed by atoms with Gasteiger partial charge in [-0.05, 0) is 69.2 Å². The maximum Gasteiger partial charge on any atom is 0.279 e. The van der Waals surface area contributed by atoms with Crippen LogP contribution in [-0.2, 0) is 4.79 Å². The predicted octanol–water partition coefficient (Wildman–Crippen LogP) is 2.48. The molecule has 0 bridgehead atoms. The number of likely N-dealkylation sites (tertiary alicyclic amines) is 1. The predicted molar refractivity (Wildman–Crippen MR) is 90.2 cm³/mol. The molecular weight excluding hydrogens is 272 g/mol. The quantitative estimate of drug-likeness (QED) is 0.883. The van der Waals surface area contributed by atoms with E-state index in [1.54, 1.807) is 0 Å². The van der Waals surface area contributed by atoms with Crippen molar-refractivity contribution in [1.29, 1.82) is 0 Å². The van der Waals surface area contributed by atoms with Crippen LogP contribution in [0.2, 0.25) is 0 Å². The van der Waals surface area contributed by atoms with Crippen molar-refractivity contribution >= 4 is 11.6 Å². The van der Waals surface area contributed by atoms with Crippen molar-refractivity contribution in [3.8, 4) is 0 Å². The maximum atomic E-state index is 12.4. The Bertz CT molecular complexity index is 518. The summed E-state index contributed by atoms with van der Waals surface area (Å²) in [6, 6.07) is 6.98. The van der Waals surface area contributed by atoms with Gasteiger partial charge in [-0.2, -0.15) is 0 Å². The average molecular weight is 301 g/mol. The Morgan fingerprint density at radius 1 is 1.09 bits per heavy atom. The van der Waals surface area contributed by atoms with Crippen LogP contribution < -0.4 is 10.2 Å². The fourth-order valence-electron chi connectivity index (χ4n) is 4.55. The number of fused-ring (bicyclic) bond motifs is 1. The summed E-state index contributed by atoms with van der Waals surface area (Å²) in [6.45, 7) is 5.95. The second kappa shape index (κ2) is 6.82. The third-order valence-electron chi connectivity index (χ3n) is 5.40. The Morgan fingerprint density at radius 3 is 2.55 bits per heavy atom. The number of quaternary nitrogens is 1. The number of carbonyl (C=O) groups is 1. The fourth-order valence-corrected chi connectivity index (χ4v) is 4.55. The van der Waals surface area contributed by atoms with E-state index in [0.717, 1.165) is 17.6 Å². The third-order valence-corrected chi connectivity index (χ3v) is 5.40. The van der Waals surface area contributed by atoms with Crippen LogP contribution >= 0.6 is 0 Å². The lowest BCUT2D eigenvalue weighted by atomic mass is 9.78. The van der Waals surface area contributed by atoms with Crippen LogP contribution in [0.3, 0.4) is 0 Å². The molecule has 0 radical (unpaired) electrons. The van der Waals surface area contributed by atoms with Crippen LogP contribution in [0.15, 0.2) is 18.2 Å². The minimum Gasteiger partial charge on any atom is -0.324 e. The molecule has 3 nitrogen and oxygen atoms in total. The zero-order valence-corrected chi connectivity index (χ0v) is 14.0. The zero-order valence-electron chi connectivity index (χ0n) is 14.0. The van der Waals surface area contributed by atoms with E-state index in [1.807, 2.05) is 0 Å². The number of rotatable bonds is 3. The maximum absolute atomic E-state index is 12.4. The van der Waals surface area contributed by atoms with Gasteiger partial charge in [0.15, 0.2) is 6.54 Å². The summed E-state index contributed by atoms with van der Waals surface area (Å²) in [5, 5.41) is 3.11. The highest BCUT2D eigenvalue weighted by Gasteiger charge is 2.37. The highest BCUT2D eigenvalue weighted by Crippen LogP contribution is 2.28. The third kappa shape index (κ3) is 3.70. The number of anilines is 1. The zero-order chi connectivity index (χ0) is 15.5. The summed E-state index contributed by atoms with van der Waals surface area (Å²) in [6.07, 6.45) is 8.11. The van der Waals surface area contributed by atoms with Gasteiger partial charge in [-0.25, -0.2) is 0 Å². The molecule has 2 fully saturated rings. The minimum atomic E-state index is 0.172. The number of hydrogen-bond donors (Lipinski definition) is 2. The number of piperidine rings is 1. The Balaban J connectivity index is 1.60. The molecule has 1 aromatic carbocycles. The molecule has 22 heavy (non-hydrogen) atoms. The molecule has 3 rings (SSSR count). The van der Waals surface area contributed by atoms with E-state index in [0.29, 0.717) is 6.54 Å². The first-order chi connectivity index (χ1) is 10.6. The minimum absolute atomic E-state index is 0.172. The standard InChI is InChI=1S/C19H28N2O/c1-14-10-15(2)12-17(11-14)20-19(22)13-21-9-5-7-16-6-3-4-8-18(16)21/h10-12,16,18H,3-9,13H2,1-2H3,(H,20,22)/p+1/t16-,18+/m1/s1. The Labute approximate surface area is 134 Å². The Morgan fingerprint density at radius 2 is 1.77 bits per heavy atom. The molecule has 1 amide bonds. The van der Waals surface area contributed by atoms with Gasteiger partial charge in [0.2, 0.25) is 0 Å². The fraction of sp³-hybridized carbons (Fsp3) is 0.632. The molecular formula is C19H29N2O+. The van der Waals surface area contributed by atoms with Gasteiger partial charge in [-0.3, -0.25) is 4.79 Å². The molecule has 1 aliphatic carbocycles. The number of aryl methyl sites for hydroxylation is 2. The number of amides is 1. The lowest BCUT2D eigenvalue weighted by Crippen LogP contribution is -3.18. The van der Waals surface area contributed by atoms with Crippen LogP contribution in [0.1, 0.15) is 49.7 Å². The topological polar surface area (TPSA) is 33.5 Å². The molecule has 1 saturated carbocycles. The van der Waals surface area contributed by atoms with Crippen molar-refractivity contribution < 1.29 is 9.69 Å². The van der Waals surface area contributed by atoms with Crippen molar-refractivity contribution in [1.82, 2.24) is 0 Å². The van der Waals surface area contributed by atoms with Crippen molar-refractivity contribution in [3.05, 3.63) is 29.3 Å². The van der Waals surface area contributed by atoms with Gasteiger partial charge < -0.3 is 10.2 Å². The van der Waals surface area contributed by atoms with Gasteiger partial charge in [0.25, 0.3) is 5.91 Å². The summed E-state index contributed by atoms with van der Waals surface area (Å²) in [4.78, 5) is 14.0. The van der Waals surface area contributed by atoms with E-state index in [2.05, 4.69) is 37.4 Å². The van der Waals surface area contributed by atoms with Gasteiger partial charge in [-0.15, -0.1) is 0 Å². The lowest BCUT2D eigenvalue weighted by molar-refractivity contribution is -0.928. The van der Waals surface area contributed by atoms with Crippen LogP contribution in [0, 0.1) is 19.8 Å². The van der Waals surface area contributed by atoms with Crippen LogP contribution in [0.5, 0.6) is 0 Å². The van der Waals surface area contributed by atoms with Crippen molar-refractivity contribution in [3.63, 3.8) is 0 Å². The molecule has 120 valence electrons. The summed E-state index contributed by atoms with van der Waals surface area (Å²) in [5.41, 5.74) is 3.35. The van der Waals surface area contributed by atoms with E-state index in [-0.39, 0.29) is 5.91 Å². The second-order valence-electron chi connectivity index (χ2n) is 7.30. The first kappa shape index (κ1) is 15.5. The van der Waals surface area contributed by atoms with Crippen LogP contribution in [-0.4, -0.2) is 25.0 Å². The van der Waals surface area contributed by atoms with Crippen molar-refractivity contribution in [2.75, 3.05) is 18.4 Å². The first-order valence-electron chi connectivity index (χ1n) is 8.84. The molecule has 2 N–H and O–H groups in total. The molecule has 3 heteroatoms. The lowest BCUT2D eigenvalue weighted by Gasteiger charge is -2.40. The van der Waals surface area contributed by atoms with Crippen molar-refractivity contribution in [2.24, 2.45) is 5.92 Å². The highest BCUT2D eigenvalue weighted by atomic mass is 16.2. The molecule has 1 heterocycles. The average Bonchev–Trinajstić information content (AvgIpc) is 2.46. The first-order valence-corrected chi connectivity index (χ1v) is 8.84. The van der Waals surface area contributed by atoms with E-state index in [1.165, 1.54) is 61.1 Å².